The van der Waals surface area contributed by atoms with E-state index in [0.29, 0.717) is 38.2 Å². The molecule has 0 atom stereocenters. The summed E-state index contributed by atoms with van der Waals surface area (Å²) in [5.74, 6) is -0.113. The number of nitrogens with one attached hydrogen (secondary N) is 1. The first-order chi connectivity index (χ1) is 13.1. The van der Waals surface area contributed by atoms with E-state index < -0.39 is 0 Å². The smallest absolute Gasteiger partial charge is 0.410 e. The number of hydrogen-bond donors (Lipinski definition) is 1. The summed E-state index contributed by atoms with van der Waals surface area (Å²) >= 11 is 0. The van der Waals surface area contributed by atoms with Gasteiger partial charge in [0.1, 0.15) is 0 Å². The van der Waals surface area contributed by atoms with E-state index in [4.69, 9.17) is 4.74 Å². The van der Waals surface area contributed by atoms with Crippen molar-refractivity contribution in [2.75, 3.05) is 19.7 Å². The average Bonchev–Trinajstić information content (AvgIpc) is 2.68. The summed E-state index contributed by atoms with van der Waals surface area (Å²) in [5.41, 5.74) is 4.93. The van der Waals surface area contributed by atoms with E-state index in [0.717, 1.165) is 17.5 Å². The normalized spacial score (nSPS) is 13.0. The number of carbonyl (C=O) groups excluding carboxylic acids is 2. The van der Waals surface area contributed by atoms with Crippen molar-refractivity contribution in [1.82, 2.24) is 15.2 Å². The molecular formula is C21H25N3O3. The minimum atomic E-state index is -0.323. The molecular weight excluding hydrogens is 342 g/mol. The monoisotopic (exact) mass is 367 g/mol. The highest BCUT2D eigenvalue weighted by Crippen LogP contribution is 2.22. The maximum absolute atomic E-state index is 12.7. The Bertz CT molecular complexity index is 835. The highest BCUT2D eigenvalue weighted by atomic mass is 16.6. The van der Waals surface area contributed by atoms with E-state index in [-0.39, 0.29) is 12.0 Å². The van der Waals surface area contributed by atoms with Crippen molar-refractivity contribution in [3.8, 4) is 0 Å². The van der Waals surface area contributed by atoms with Crippen LogP contribution in [0.1, 0.15) is 39.5 Å². The van der Waals surface area contributed by atoms with Crippen molar-refractivity contribution in [3.63, 3.8) is 0 Å². The van der Waals surface area contributed by atoms with Crippen LogP contribution in [0.5, 0.6) is 0 Å². The van der Waals surface area contributed by atoms with Gasteiger partial charge in [-0.25, -0.2) is 4.79 Å². The predicted molar refractivity (Wildman–Crippen MR) is 103 cm³/mol. The van der Waals surface area contributed by atoms with Gasteiger partial charge >= 0.3 is 6.09 Å². The van der Waals surface area contributed by atoms with Crippen LogP contribution in [0.2, 0.25) is 0 Å². The van der Waals surface area contributed by atoms with Crippen LogP contribution in [-0.2, 0) is 24.1 Å². The van der Waals surface area contributed by atoms with Crippen LogP contribution < -0.4 is 5.32 Å². The summed E-state index contributed by atoms with van der Waals surface area (Å²) in [6.07, 6.45) is 4.43. The molecule has 2 amide bonds. The number of aromatic nitrogens is 1. The zero-order valence-corrected chi connectivity index (χ0v) is 15.8. The number of hydrogen-bond acceptors (Lipinski definition) is 4. The van der Waals surface area contributed by atoms with Crippen LogP contribution in [0.3, 0.4) is 0 Å². The molecule has 1 aliphatic heterocycles. The van der Waals surface area contributed by atoms with E-state index in [1.807, 2.05) is 12.1 Å². The third kappa shape index (κ3) is 4.45. The minimum absolute atomic E-state index is 0.113. The van der Waals surface area contributed by atoms with E-state index in [1.54, 1.807) is 24.2 Å². The van der Waals surface area contributed by atoms with E-state index in [2.05, 4.69) is 29.4 Å². The molecule has 6 heteroatoms. The van der Waals surface area contributed by atoms with Gasteiger partial charge in [-0.3, -0.25) is 9.78 Å². The maximum Gasteiger partial charge on any atom is 0.410 e. The third-order valence-electron chi connectivity index (χ3n) is 4.85. The first kappa shape index (κ1) is 18.9. The second kappa shape index (κ2) is 8.66. The molecule has 0 fully saturated rings. The highest BCUT2D eigenvalue weighted by molar-refractivity contribution is 5.95. The quantitative estimate of drug-likeness (QED) is 0.882. The number of ether oxygens (including phenoxy) is 1. The summed E-state index contributed by atoms with van der Waals surface area (Å²) < 4.78 is 5.07. The first-order valence-corrected chi connectivity index (χ1v) is 9.30. The highest BCUT2D eigenvalue weighted by Gasteiger charge is 2.25. The lowest BCUT2D eigenvalue weighted by molar-refractivity contribution is 0.0950. The van der Waals surface area contributed by atoms with Gasteiger partial charge in [0, 0.05) is 25.5 Å². The fraction of sp³-hybridized carbons (Fsp3) is 0.381. The minimum Gasteiger partial charge on any atom is -0.450 e. The molecule has 142 valence electrons. The predicted octanol–water partition coefficient (Wildman–Crippen LogP) is 2.88. The van der Waals surface area contributed by atoms with Crippen molar-refractivity contribution in [2.24, 2.45) is 0 Å². The van der Waals surface area contributed by atoms with Crippen LogP contribution in [0.4, 0.5) is 4.79 Å². The van der Waals surface area contributed by atoms with Crippen molar-refractivity contribution in [2.45, 2.75) is 33.2 Å². The topological polar surface area (TPSA) is 71.5 Å². The molecule has 2 heterocycles. The zero-order valence-electron chi connectivity index (χ0n) is 15.8. The number of rotatable bonds is 5. The van der Waals surface area contributed by atoms with Crippen LogP contribution in [0.25, 0.3) is 0 Å². The maximum atomic E-state index is 12.7. The average molecular weight is 367 g/mol. The van der Waals surface area contributed by atoms with Crippen molar-refractivity contribution in [3.05, 3.63) is 64.5 Å². The Balaban J connectivity index is 1.64. The molecule has 27 heavy (non-hydrogen) atoms. The molecule has 0 aliphatic carbocycles. The molecule has 1 aromatic heterocycles. The molecule has 0 saturated heterocycles. The fourth-order valence-electron chi connectivity index (χ4n) is 3.36. The summed E-state index contributed by atoms with van der Waals surface area (Å²) in [6.45, 7) is 5.75. The second-order valence-corrected chi connectivity index (χ2v) is 6.63. The largest absolute Gasteiger partial charge is 0.450 e. The summed E-state index contributed by atoms with van der Waals surface area (Å²) in [5, 5.41) is 2.99. The number of pyridine rings is 1. The van der Waals surface area contributed by atoms with Crippen LogP contribution in [0, 0.1) is 6.92 Å². The van der Waals surface area contributed by atoms with Gasteiger partial charge in [0.2, 0.25) is 0 Å². The zero-order chi connectivity index (χ0) is 19.2. The SMILES string of the molecule is CCOC(=O)N1CCc2c(cncc2C(=O)NCCc2ccccc2C)C1. The van der Waals surface area contributed by atoms with Gasteiger partial charge in [-0.15, -0.1) is 0 Å². The van der Waals surface area contributed by atoms with Gasteiger partial charge in [-0.05, 0) is 48.9 Å². The number of nitrogens with zero attached hydrogens (tertiary/aromatic N) is 2. The summed E-state index contributed by atoms with van der Waals surface area (Å²) in [6, 6.07) is 8.18. The molecule has 1 aromatic carbocycles. The first-order valence-electron chi connectivity index (χ1n) is 9.30. The fourth-order valence-corrected chi connectivity index (χ4v) is 3.36. The van der Waals surface area contributed by atoms with Crippen molar-refractivity contribution >= 4 is 12.0 Å². The van der Waals surface area contributed by atoms with Crippen molar-refractivity contribution < 1.29 is 14.3 Å². The molecule has 0 spiro atoms. The number of aryl methyl sites for hydroxylation is 1. The number of fused-ring (bicyclic) bond motifs is 1. The number of amides is 2. The van der Waals surface area contributed by atoms with Gasteiger partial charge in [-0.2, -0.15) is 0 Å². The second-order valence-electron chi connectivity index (χ2n) is 6.63. The Morgan fingerprint density at radius 3 is 2.85 bits per heavy atom. The van der Waals surface area contributed by atoms with Crippen LogP contribution in [0.15, 0.2) is 36.7 Å². The lowest BCUT2D eigenvalue weighted by Gasteiger charge is -2.28. The Hall–Kier alpha value is -2.89. The van der Waals surface area contributed by atoms with E-state index in [9.17, 15) is 9.59 Å². The molecule has 0 radical (unpaired) electrons. The Morgan fingerprint density at radius 1 is 1.26 bits per heavy atom. The third-order valence-corrected chi connectivity index (χ3v) is 4.85. The van der Waals surface area contributed by atoms with Crippen LogP contribution in [-0.4, -0.2) is 41.6 Å². The van der Waals surface area contributed by atoms with E-state index >= 15 is 0 Å². The van der Waals surface area contributed by atoms with Gasteiger partial charge in [-0.1, -0.05) is 24.3 Å². The molecule has 0 bridgehead atoms. The Morgan fingerprint density at radius 2 is 2.07 bits per heavy atom. The van der Waals surface area contributed by atoms with Crippen LogP contribution >= 0.6 is 0 Å². The molecule has 3 rings (SSSR count). The molecule has 0 saturated carbocycles. The Labute approximate surface area is 159 Å². The summed E-state index contributed by atoms with van der Waals surface area (Å²) in [7, 11) is 0. The van der Waals surface area contributed by atoms with Gasteiger partial charge in [0.15, 0.2) is 0 Å². The van der Waals surface area contributed by atoms with Gasteiger partial charge in [0.05, 0.1) is 18.7 Å². The Kier molecular flexibility index (Phi) is 6.06. The van der Waals surface area contributed by atoms with Gasteiger partial charge < -0.3 is 15.0 Å². The molecule has 0 unspecified atom stereocenters. The number of carbonyl (C=O) groups is 2. The lowest BCUT2D eigenvalue weighted by atomic mass is 9.97. The number of benzene rings is 1. The lowest BCUT2D eigenvalue weighted by Crippen LogP contribution is -2.37. The van der Waals surface area contributed by atoms with E-state index in [1.165, 1.54) is 11.1 Å². The van der Waals surface area contributed by atoms with Crippen molar-refractivity contribution in [1.29, 1.82) is 0 Å². The van der Waals surface area contributed by atoms with Gasteiger partial charge in [0.25, 0.3) is 5.91 Å². The molecule has 1 aliphatic rings. The molecule has 2 aromatic rings. The molecule has 6 nitrogen and oxygen atoms in total. The standard InChI is InChI=1S/C21H25N3O3/c1-3-27-21(26)24-11-9-18-17(14-24)12-22-13-19(18)20(25)23-10-8-16-7-5-4-6-15(16)2/h4-7,12-13H,3,8-11,14H2,1-2H3,(H,23,25). The summed E-state index contributed by atoms with van der Waals surface area (Å²) in [4.78, 5) is 30.4. The molecule has 1 N–H and O–H groups in total.